The van der Waals surface area contributed by atoms with E-state index >= 15 is 0 Å². The third-order valence-electron chi connectivity index (χ3n) is 3.70. The normalized spacial score (nSPS) is 15.8. The number of aryl methyl sites for hydroxylation is 1. The van der Waals surface area contributed by atoms with Crippen molar-refractivity contribution in [3.05, 3.63) is 23.9 Å². The van der Waals surface area contributed by atoms with Gasteiger partial charge >= 0.3 is 0 Å². The number of aromatic nitrogens is 2. The quantitative estimate of drug-likeness (QED) is 0.788. The van der Waals surface area contributed by atoms with Gasteiger partial charge in [0.05, 0.1) is 10.4 Å². The molecule has 0 unspecified atom stereocenters. The van der Waals surface area contributed by atoms with Crippen molar-refractivity contribution in [1.29, 1.82) is 0 Å². The lowest BCUT2D eigenvalue weighted by Gasteiger charge is -2.13. The maximum Gasteiger partial charge on any atom is 0.275 e. The van der Waals surface area contributed by atoms with Gasteiger partial charge in [0.2, 0.25) is 0 Å². The Morgan fingerprint density at radius 2 is 1.95 bits per heavy atom. The first-order valence-electron chi connectivity index (χ1n) is 6.58. The van der Waals surface area contributed by atoms with Crippen LogP contribution in [-0.2, 0) is 16.1 Å². The molecule has 0 saturated carbocycles. The summed E-state index contributed by atoms with van der Waals surface area (Å²) in [5.74, 6) is -0.165. The maximum atomic E-state index is 12.5. The summed E-state index contributed by atoms with van der Waals surface area (Å²) < 4.78 is 24.5. The predicted molar refractivity (Wildman–Crippen MR) is 78.9 cm³/mol. The largest absolute Gasteiger partial charge is 0.337 e. The molecule has 1 saturated heterocycles. The van der Waals surface area contributed by atoms with Crippen LogP contribution in [0.2, 0.25) is 0 Å². The smallest absolute Gasteiger partial charge is 0.275 e. The van der Waals surface area contributed by atoms with Gasteiger partial charge in [-0.15, -0.1) is 0 Å². The number of amides is 1. The Morgan fingerprint density at radius 3 is 2.57 bits per heavy atom. The highest BCUT2D eigenvalue weighted by Crippen LogP contribution is 2.25. The minimum atomic E-state index is -3.84. The van der Waals surface area contributed by atoms with Crippen LogP contribution >= 0.6 is 10.7 Å². The molecule has 2 aromatic rings. The summed E-state index contributed by atoms with van der Waals surface area (Å²) in [6.07, 6.45) is 1.97. The highest BCUT2D eigenvalue weighted by atomic mass is 35.7. The minimum Gasteiger partial charge on any atom is -0.337 e. The van der Waals surface area contributed by atoms with Crippen LogP contribution in [0.25, 0.3) is 10.9 Å². The van der Waals surface area contributed by atoms with Crippen LogP contribution in [-0.4, -0.2) is 42.1 Å². The molecule has 1 amide bonds. The molecule has 112 valence electrons. The van der Waals surface area contributed by atoms with E-state index < -0.39 is 9.05 Å². The molecule has 1 aromatic carbocycles. The molecule has 1 fully saturated rings. The average molecular weight is 328 g/mol. The third kappa shape index (κ3) is 2.51. The van der Waals surface area contributed by atoms with Gasteiger partial charge in [0.1, 0.15) is 0 Å². The number of benzene rings is 1. The van der Waals surface area contributed by atoms with E-state index in [1.54, 1.807) is 22.7 Å². The molecule has 2 heterocycles. The number of fused-ring (bicyclic) bond motifs is 1. The number of hydrogen-bond acceptors (Lipinski definition) is 4. The molecule has 1 aliphatic heterocycles. The summed E-state index contributed by atoms with van der Waals surface area (Å²) in [6, 6.07) is 4.43. The molecule has 0 radical (unpaired) electrons. The fourth-order valence-electron chi connectivity index (χ4n) is 2.62. The van der Waals surface area contributed by atoms with Crippen molar-refractivity contribution < 1.29 is 13.2 Å². The Morgan fingerprint density at radius 1 is 1.29 bits per heavy atom. The fourth-order valence-corrected chi connectivity index (χ4v) is 3.40. The highest BCUT2D eigenvalue weighted by Gasteiger charge is 2.25. The molecule has 6 nitrogen and oxygen atoms in total. The SMILES string of the molecule is Cn1nc(C(=O)N2CCCC2)c2cc(S(=O)(=O)Cl)ccc21. The van der Waals surface area contributed by atoms with Crippen molar-refractivity contribution in [2.75, 3.05) is 13.1 Å². The Labute approximate surface area is 126 Å². The minimum absolute atomic E-state index is 0.0276. The van der Waals surface area contributed by atoms with E-state index in [0.717, 1.165) is 12.8 Å². The molecule has 0 N–H and O–H groups in total. The molecule has 0 bridgehead atoms. The molecule has 8 heteroatoms. The first kappa shape index (κ1) is 14.3. The zero-order valence-corrected chi connectivity index (χ0v) is 13.0. The van der Waals surface area contributed by atoms with Crippen LogP contribution in [0.5, 0.6) is 0 Å². The van der Waals surface area contributed by atoms with Gasteiger partial charge in [-0.3, -0.25) is 9.48 Å². The van der Waals surface area contributed by atoms with E-state index in [9.17, 15) is 13.2 Å². The Bertz CT molecular complexity index is 823. The fraction of sp³-hybridized carbons (Fsp3) is 0.385. The van der Waals surface area contributed by atoms with Crippen molar-refractivity contribution in [3.8, 4) is 0 Å². The number of likely N-dealkylation sites (tertiary alicyclic amines) is 1. The number of carbonyl (C=O) groups excluding carboxylic acids is 1. The second-order valence-electron chi connectivity index (χ2n) is 5.09. The number of rotatable bonds is 2. The van der Waals surface area contributed by atoms with Crippen LogP contribution in [0.15, 0.2) is 23.1 Å². The van der Waals surface area contributed by atoms with E-state index in [4.69, 9.17) is 10.7 Å². The van der Waals surface area contributed by atoms with Gasteiger partial charge in [0.25, 0.3) is 15.0 Å². The number of nitrogens with zero attached hydrogens (tertiary/aromatic N) is 3. The lowest BCUT2D eigenvalue weighted by molar-refractivity contribution is 0.0788. The Balaban J connectivity index is 2.16. The molecule has 0 aliphatic carbocycles. The van der Waals surface area contributed by atoms with Crippen LogP contribution in [0.3, 0.4) is 0 Å². The summed E-state index contributed by atoms with van der Waals surface area (Å²) in [5, 5.41) is 4.76. The zero-order valence-electron chi connectivity index (χ0n) is 11.4. The average Bonchev–Trinajstić information content (AvgIpc) is 3.05. The van der Waals surface area contributed by atoms with Gasteiger partial charge in [0, 0.05) is 36.2 Å². The predicted octanol–water partition coefficient (Wildman–Crippen LogP) is 1.74. The molecule has 1 aromatic heterocycles. The zero-order chi connectivity index (χ0) is 15.2. The van der Waals surface area contributed by atoms with Gasteiger partial charge in [0.15, 0.2) is 5.69 Å². The third-order valence-corrected chi connectivity index (χ3v) is 5.05. The standard InChI is InChI=1S/C13H14ClN3O3S/c1-16-11-5-4-9(21(14,19)20)8-10(11)12(15-16)13(18)17-6-2-3-7-17/h4-5,8H,2-3,6-7H2,1H3. The van der Waals surface area contributed by atoms with Gasteiger partial charge in [-0.05, 0) is 31.0 Å². The summed E-state index contributed by atoms with van der Waals surface area (Å²) in [4.78, 5) is 14.2. The highest BCUT2D eigenvalue weighted by molar-refractivity contribution is 8.13. The summed E-state index contributed by atoms with van der Waals surface area (Å²) in [6.45, 7) is 1.43. The van der Waals surface area contributed by atoms with Crippen molar-refractivity contribution >= 4 is 36.5 Å². The maximum absolute atomic E-state index is 12.5. The monoisotopic (exact) mass is 327 g/mol. The number of hydrogen-bond donors (Lipinski definition) is 0. The van der Waals surface area contributed by atoms with Gasteiger partial charge < -0.3 is 4.90 Å². The number of carbonyl (C=O) groups is 1. The van der Waals surface area contributed by atoms with Crippen molar-refractivity contribution in [2.24, 2.45) is 7.05 Å². The van der Waals surface area contributed by atoms with E-state index in [-0.39, 0.29) is 16.5 Å². The van der Waals surface area contributed by atoms with E-state index in [0.29, 0.717) is 24.0 Å². The Hall–Kier alpha value is -1.60. The van der Waals surface area contributed by atoms with Crippen LogP contribution in [0.1, 0.15) is 23.3 Å². The molecular formula is C13H14ClN3O3S. The van der Waals surface area contributed by atoms with E-state index in [1.807, 2.05) is 0 Å². The second kappa shape index (κ2) is 4.99. The molecular weight excluding hydrogens is 314 g/mol. The lowest BCUT2D eigenvalue weighted by Crippen LogP contribution is -2.28. The molecule has 21 heavy (non-hydrogen) atoms. The molecule has 0 atom stereocenters. The summed E-state index contributed by atoms with van der Waals surface area (Å²) in [7, 11) is 3.26. The van der Waals surface area contributed by atoms with Crippen LogP contribution in [0.4, 0.5) is 0 Å². The molecule has 3 rings (SSSR count). The first-order valence-corrected chi connectivity index (χ1v) is 8.89. The van der Waals surface area contributed by atoms with Crippen molar-refractivity contribution in [1.82, 2.24) is 14.7 Å². The Kier molecular flexibility index (Phi) is 3.41. The topological polar surface area (TPSA) is 72.3 Å². The van der Waals surface area contributed by atoms with Crippen LogP contribution in [0, 0.1) is 0 Å². The molecule has 1 aliphatic rings. The first-order chi connectivity index (χ1) is 9.88. The van der Waals surface area contributed by atoms with Gasteiger partial charge in [-0.25, -0.2) is 8.42 Å². The van der Waals surface area contributed by atoms with Crippen molar-refractivity contribution in [2.45, 2.75) is 17.7 Å². The summed E-state index contributed by atoms with van der Waals surface area (Å²) >= 11 is 0. The van der Waals surface area contributed by atoms with Gasteiger partial charge in [-0.2, -0.15) is 5.10 Å². The second-order valence-corrected chi connectivity index (χ2v) is 7.65. The number of halogens is 1. The summed E-state index contributed by atoms with van der Waals surface area (Å²) in [5.41, 5.74) is 0.971. The van der Waals surface area contributed by atoms with Crippen molar-refractivity contribution in [3.63, 3.8) is 0 Å². The van der Waals surface area contributed by atoms with E-state index in [1.165, 1.54) is 12.1 Å². The van der Waals surface area contributed by atoms with Crippen LogP contribution < -0.4 is 0 Å². The molecule has 0 spiro atoms. The van der Waals surface area contributed by atoms with E-state index in [2.05, 4.69) is 5.10 Å². The van der Waals surface area contributed by atoms with Gasteiger partial charge in [-0.1, -0.05) is 0 Å². The lowest BCUT2D eigenvalue weighted by atomic mass is 10.2.